The number of nitrogens with zero attached hydrogens (tertiary/aromatic N) is 2. The quantitative estimate of drug-likeness (QED) is 0.858. The zero-order valence-corrected chi connectivity index (χ0v) is 14.1. The molecule has 6 heteroatoms. The molecular weight excluding hydrogens is 292 g/mol. The normalized spacial score (nSPS) is 17.0. The minimum absolute atomic E-state index is 0.0225. The van der Waals surface area contributed by atoms with E-state index in [1.807, 2.05) is 32.0 Å². The number of carbonyl (C=O) groups excluding carboxylic acids is 2. The van der Waals surface area contributed by atoms with E-state index in [9.17, 15) is 9.59 Å². The van der Waals surface area contributed by atoms with Gasteiger partial charge in [-0.3, -0.25) is 14.5 Å². The first-order valence-electron chi connectivity index (χ1n) is 8.01. The van der Waals surface area contributed by atoms with Crippen molar-refractivity contribution < 1.29 is 9.59 Å². The van der Waals surface area contributed by atoms with Crippen LogP contribution in [0.15, 0.2) is 18.2 Å². The van der Waals surface area contributed by atoms with Crippen LogP contribution in [0.5, 0.6) is 0 Å². The number of hydrogen-bond acceptors (Lipinski definition) is 4. The third-order valence-corrected chi connectivity index (χ3v) is 4.32. The molecule has 1 aromatic carbocycles. The van der Waals surface area contributed by atoms with E-state index in [4.69, 9.17) is 5.73 Å². The molecule has 1 unspecified atom stereocenters. The van der Waals surface area contributed by atoms with Crippen molar-refractivity contribution in [3.8, 4) is 0 Å². The molecule has 1 saturated heterocycles. The van der Waals surface area contributed by atoms with Crippen LogP contribution in [-0.2, 0) is 9.59 Å². The van der Waals surface area contributed by atoms with E-state index < -0.39 is 6.04 Å². The van der Waals surface area contributed by atoms with Crippen LogP contribution in [0, 0.1) is 13.8 Å². The third kappa shape index (κ3) is 4.53. The van der Waals surface area contributed by atoms with Gasteiger partial charge in [0.05, 0.1) is 12.6 Å². The number of benzene rings is 1. The summed E-state index contributed by atoms with van der Waals surface area (Å²) in [4.78, 5) is 27.9. The van der Waals surface area contributed by atoms with Crippen LogP contribution in [0.4, 0.5) is 5.69 Å². The summed E-state index contributed by atoms with van der Waals surface area (Å²) >= 11 is 0. The molecule has 2 rings (SSSR count). The summed E-state index contributed by atoms with van der Waals surface area (Å²) in [5, 5.41) is 2.97. The highest BCUT2D eigenvalue weighted by molar-refractivity contribution is 5.93. The molecule has 126 valence electrons. The minimum atomic E-state index is -0.464. The van der Waals surface area contributed by atoms with Gasteiger partial charge < -0.3 is 16.0 Å². The maximum Gasteiger partial charge on any atom is 0.239 e. The first-order chi connectivity index (χ1) is 10.9. The largest absolute Gasteiger partial charge is 0.339 e. The molecule has 0 aliphatic carbocycles. The van der Waals surface area contributed by atoms with E-state index >= 15 is 0 Å². The van der Waals surface area contributed by atoms with Crippen molar-refractivity contribution in [3.05, 3.63) is 29.3 Å². The Bertz CT molecular complexity index is 578. The fraction of sp³-hybridized carbons (Fsp3) is 0.529. The molecule has 1 aromatic rings. The van der Waals surface area contributed by atoms with Crippen LogP contribution < -0.4 is 11.1 Å². The first-order valence-corrected chi connectivity index (χ1v) is 8.01. The van der Waals surface area contributed by atoms with Gasteiger partial charge in [-0.1, -0.05) is 12.1 Å². The lowest BCUT2D eigenvalue weighted by atomic mass is 10.1. The molecule has 1 heterocycles. The van der Waals surface area contributed by atoms with Crippen LogP contribution in [0.25, 0.3) is 0 Å². The highest BCUT2D eigenvalue weighted by Crippen LogP contribution is 2.17. The monoisotopic (exact) mass is 318 g/mol. The second-order valence-electron chi connectivity index (χ2n) is 6.19. The van der Waals surface area contributed by atoms with Crippen LogP contribution in [0.2, 0.25) is 0 Å². The smallest absolute Gasteiger partial charge is 0.239 e. The number of carbonyl (C=O) groups is 2. The van der Waals surface area contributed by atoms with Crippen molar-refractivity contribution in [2.24, 2.45) is 5.73 Å². The van der Waals surface area contributed by atoms with Gasteiger partial charge in [-0.05, 0) is 38.0 Å². The number of piperazine rings is 1. The fourth-order valence-corrected chi connectivity index (χ4v) is 2.69. The molecular formula is C17H26N4O2. The lowest BCUT2D eigenvalue weighted by molar-refractivity contribution is -0.134. The number of amides is 2. The fourth-order valence-electron chi connectivity index (χ4n) is 2.69. The molecule has 1 atom stereocenters. The Labute approximate surface area is 137 Å². The van der Waals surface area contributed by atoms with Gasteiger partial charge in [0.2, 0.25) is 11.8 Å². The Morgan fingerprint density at radius 1 is 1.22 bits per heavy atom. The Balaban J connectivity index is 1.83. The Morgan fingerprint density at radius 3 is 2.48 bits per heavy atom. The van der Waals surface area contributed by atoms with Gasteiger partial charge in [-0.15, -0.1) is 0 Å². The van der Waals surface area contributed by atoms with Crippen LogP contribution in [0.3, 0.4) is 0 Å². The van der Waals surface area contributed by atoms with Crippen molar-refractivity contribution in [2.75, 3.05) is 38.0 Å². The number of rotatable bonds is 4. The predicted molar refractivity (Wildman–Crippen MR) is 91.2 cm³/mol. The molecule has 0 radical (unpaired) electrons. The van der Waals surface area contributed by atoms with Gasteiger partial charge in [0.1, 0.15) is 0 Å². The van der Waals surface area contributed by atoms with Crippen LogP contribution >= 0.6 is 0 Å². The Morgan fingerprint density at radius 2 is 1.87 bits per heavy atom. The average Bonchev–Trinajstić information content (AvgIpc) is 2.52. The van der Waals surface area contributed by atoms with Crippen molar-refractivity contribution in [1.29, 1.82) is 0 Å². The van der Waals surface area contributed by atoms with Crippen molar-refractivity contribution in [2.45, 2.75) is 26.8 Å². The summed E-state index contributed by atoms with van der Waals surface area (Å²) < 4.78 is 0. The van der Waals surface area contributed by atoms with Gasteiger partial charge in [-0.25, -0.2) is 0 Å². The second-order valence-corrected chi connectivity index (χ2v) is 6.19. The predicted octanol–water partition coefficient (Wildman–Crippen LogP) is 0.733. The van der Waals surface area contributed by atoms with Crippen molar-refractivity contribution in [3.63, 3.8) is 0 Å². The van der Waals surface area contributed by atoms with E-state index in [0.29, 0.717) is 32.7 Å². The summed E-state index contributed by atoms with van der Waals surface area (Å²) in [5.74, 6) is -0.0462. The van der Waals surface area contributed by atoms with Gasteiger partial charge in [0.25, 0.3) is 0 Å². The zero-order chi connectivity index (χ0) is 17.0. The molecule has 0 spiro atoms. The van der Waals surface area contributed by atoms with E-state index in [1.165, 1.54) is 0 Å². The number of anilines is 1. The molecule has 0 bridgehead atoms. The summed E-state index contributed by atoms with van der Waals surface area (Å²) in [6, 6.07) is 5.42. The average molecular weight is 318 g/mol. The van der Waals surface area contributed by atoms with E-state index in [-0.39, 0.29) is 11.8 Å². The SMILES string of the molecule is Cc1cccc(NC(=O)CN2CCN(C(=O)C(C)N)CC2)c1C. The highest BCUT2D eigenvalue weighted by atomic mass is 16.2. The lowest BCUT2D eigenvalue weighted by Crippen LogP contribution is -2.53. The molecule has 2 amide bonds. The lowest BCUT2D eigenvalue weighted by Gasteiger charge is -2.35. The standard InChI is InChI=1S/C17H26N4O2/c1-12-5-4-6-15(13(12)2)19-16(22)11-20-7-9-21(10-8-20)17(23)14(3)18/h4-6,14H,7-11,18H2,1-3H3,(H,19,22). The van der Waals surface area contributed by atoms with Crippen molar-refractivity contribution >= 4 is 17.5 Å². The number of nitrogens with one attached hydrogen (secondary N) is 1. The highest BCUT2D eigenvalue weighted by Gasteiger charge is 2.24. The van der Waals surface area contributed by atoms with Gasteiger partial charge >= 0.3 is 0 Å². The van der Waals surface area contributed by atoms with Gasteiger partial charge in [-0.2, -0.15) is 0 Å². The number of hydrogen-bond donors (Lipinski definition) is 2. The number of nitrogens with two attached hydrogens (primary N) is 1. The van der Waals surface area contributed by atoms with E-state index in [0.717, 1.165) is 16.8 Å². The van der Waals surface area contributed by atoms with Crippen LogP contribution in [0.1, 0.15) is 18.1 Å². The Hall–Kier alpha value is -1.92. The maximum atomic E-state index is 12.2. The molecule has 23 heavy (non-hydrogen) atoms. The molecule has 1 aliphatic heterocycles. The molecule has 1 aliphatic rings. The number of aryl methyl sites for hydroxylation is 1. The summed E-state index contributed by atoms with van der Waals surface area (Å²) in [6.07, 6.45) is 0. The van der Waals surface area contributed by atoms with Crippen LogP contribution in [-0.4, -0.2) is 60.4 Å². The summed E-state index contributed by atoms with van der Waals surface area (Å²) in [7, 11) is 0. The molecule has 0 saturated carbocycles. The summed E-state index contributed by atoms with van der Waals surface area (Å²) in [6.45, 7) is 8.70. The first kappa shape index (κ1) is 17.4. The molecule has 1 fully saturated rings. The Kier molecular flexibility index (Phi) is 5.74. The topological polar surface area (TPSA) is 78.7 Å². The molecule has 0 aromatic heterocycles. The molecule has 3 N–H and O–H groups in total. The van der Waals surface area contributed by atoms with Gasteiger partial charge in [0, 0.05) is 31.9 Å². The second kappa shape index (κ2) is 7.57. The van der Waals surface area contributed by atoms with Gasteiger partial charge in [0.15, 0.2) is 0 Å². The van der Waals surface area contributed by atoms with E-state index in [2.05, 4.69) is 10.2 Å². The third-order valence-electron chi connectivity index (χ3n) is 4.32. The molecule has 6 nitrogen and oxygen atoms in total. The minimum Gasteiger partial charge on any atom is -0.339 e. The summed E-state index contributed by atoms with van der Waals surface area (Å²) in [5.41, 5.74) is 8.74. The van der Waals surface area contributed by atoms with Crippen molar-refractivity contribution in [1.82, 2.24) is 9.80 Å². The maximum absolute atomic E-state index is 12.2. The van der Waals surface area contributed by atoms with E-state index in [1.54, 1.807) is 11.8 Å². The zero-order valence-electron chi connectivity index (χ0n) is 14.1.